The molecule has 0 spiro atoms. The van der Waals surface area contributed by atoms with Crippen LogP contribution in [0.15, 0.2) is 42.7 Å². The minimum Gasteiger partial charge on any atom is -0.480 e. The molecule has 3 rings (SSSR count). The van der Waals surface area contributed by atoms with E-state index in [0.717, 1.165) is 5.69 Å². The molecular weight excluding hydrogens is 360 g/mol. The Kier molecular flexibility index (Phi) is 6.08. The first-order valence-corrected chi connectivity index (χ1v) is 9.34. The van der Waals surface area contributed by atoms with E-state index in [-0.39, 0.29) is 24.4 Å². The van der Waals surface area contributed by atoms with Gasteiger partial charge in [-0.2, -0.15) is 5.10 Å². The van der Waals surface area contributed by atoms with Gasteiger partial charge in [0, 0.05) is 38.4 Å². The highest BCUT2D eigenvalue weighted by molar-refractivity contribution is 5.97. The van der Waals surface area contributed by atoms with Crippen molar-refractivity contribution in [3.05, 3.63) is 48.3 Å². The number of carbonyl (C=O) groups is 3. The highest BCUT2D eigenvalue weighted by atomic mass is 16.4. The lowest BCUT2D eigenvalue weighted by atomic mass is 10.1. The summed E-state index contributed by atoms with van der Waals surface area (Å²) in [4.78, 5) is 39.3. The van der Waals surface area contributed by atoms with Gasteiger partial charge in [0.2, 0.25) is 5.91 Å². The number of para-hydroxylation sites is 1. The number of likely N-dealkylation sites (tertiary alicyclic amines) is 1. The molecule has 1 aromatic heterocycles. The van der Waals surface area contributed by atoms with Crippen LogP contribution in [0.1, 0.15) is 36.5 Å². The van der Waals surface area contributed by atoms with Crippen molar-refractivity contribution in [2.75, 3.05) is 19.6 Å². The van der Waals surface area contributed by atoms with Crippen LogP contribution in [0.5, 0.6) is 0 Å². The van der Waals surface area contributed by atoms with Crippen molar-refractivity contribution in [3.63, 3.8) is 0 Å². The number of aromatic nitrogens is 2. The van der Waals surface area contributed by atoms with E-state index < -0.39 is 5.97 Å². The Morgan fingerprint density at radius 1 is 1.18 bits per heavy atom. The predicted octanol–water partition coefficient (Wildman–Crippen LogP) is 1.80. The zero-order valence-corrected chi connectivity index (χ0v) is 15.8. The number of rotatable bonds is 5. The minimum absolute atomic E-state index is 0.0839. The molecule has 1 atom stereocenters. The monoisotopic (exact) mass is 384 g/mol. The van der Waals surface area contributed by atoms with Crippen LogP contribution in [-0.4, -0.2) is 68.1 Å². The molecule has 1 aromatic carbocycles. The van der Waals surface area contributed by atoms with Gasteiger partial charge in [-0.15, -0.1) is 0 Å². The molecule has 1 saturated heterocycles. The summed E-state index contributed by atoms with van der Waals surface area (Å²) in [6.45, 7) is 2.12. The number of carboxylic acid groups (broad SMARTS) is 1. The van der Waals surface area contributed by atoms with Crippen LogP contribution < -0.4 is 0 Å². The molecule has 1 N–H and O–H groups in total. The summed E-state index contributed by atoms with van der Waals surface area (Å²) in [6.07, 6.45) is 5.40. The second-order valence-electron chi connectivity index (χ2n) is 6.89. The zero-order valence-electron chi connectivity index (χ0n) is 15.8. The number of amides is 2. The third-order valence-electron chi connectivity index (χ3n) is 5.02. The topological polar surface area (TPSA) is 95.7 Å². The lowest BCUT2D eigenvalue weighted by Crippen LogP contribution is -2.43. The fourth-order valence-electron chi connectivity index (χ4n) is 3.67. The van der Waals surface area contributed by atoms with Gasteiger partial charge in [0.05, 0.1) is 11.3 Å². The fraction of sp³-hybridized carbons (Fsp3) is 0.400. The van der Waals surface area contributed by atoms with E-state index in [2.05, 4.69) is 5.10 Å². The standard InChI is InChI=1S/C20H24N4O4/c1-15(25)23(14-19(26)27)16-6-4-11-22(13-9-16)20(28)17-7-2-3-8-18(17)24-12-5-10-21-24/h2-3,5,7-8,10,12,16H,4,6,9,11,13-14H2,1H3,(H,26,27). The molecular formula is C20H24N4O4. The van der Waals surface area contributed by atoms with Crippen LogP contribution >= 0.6 is 0 Å². The molecule has 8 nitrogen and oxygen atoms in total. The van der Waals surface area contributed by atoms with Gasteiger partial charge in [-0.05, 0) is 37.5 Å². The van der Waals surface area contributed by atoms with Gasteiger partial charge >= 0.3 is 5.97 Å². The van der Waals surface area contributed by atoms with Crippen molar-refractivity contribution in [3.8, 4) is 5.69 Å². The number of carboxylic acids is 1. The molecule has 1 fully saturated rings. The highest BCUT2D eigenvalue weighted by Gasteiger charge is 2.28. The molecule has 0 radical (unpaired) electrons. The quantitative estimate of drug-likeness (QED) is 0.848. The molecule has 0 saturated carbocycles. The first-order valence-electron chi connectivity index (χ1n) is 9.34. The van der Waals surface area contributed by atoms with Gasteiger partial charge in [0.15, 0.2) is 0 Å². The van der Waals surface area contributed by atoms with Crippen LogP contribution in [0.4, 0.5) is 0 Å². The van der Waals surface area contributed by atoms with Gasteiger partial charge in [-0.1, -0.05) is 12.1 Å². The summed E-state index contributed by atoms with van der Waals surface area (Å²) in [6, 6.07) is 8.96. The van der Waals surface area contributed by atoms with Gasteiger partial charge in [-0.25, -0.2) is 4.68 Å². The Labute approximate surface area is 163 Å². The van der Waals surface area contributed by atoms with Crippen LogP contribution in [0.2, 0.25) is 0 Å². The summed E-state index contributed by atoms with van der Waals surface area (Å²) in [5.41, 5.74) is 1.29. The zero-order chi connectivity index (χ0) is 20.1. The van der Waals surface area contributed by atoms with Crippen molar-refractivity contribution in [1.29, 1.82) is 0 Å². The molecule has 1 unspecified atom stereocenters. The number of carbonyl (C=O) groups excluding carboxylic acids is 2. The van der Waals surface area contributed by atoms with Crippen molar-refractivity contribution >= 4 is 17.8 Å². The summed E-state index contributed by atoms with van der Waals surface area (Å²) >= 11 is 0. The van der Waals surface area contributed by atoms with Crippen molar-refractivity contribution in [1.82, 2.24) is 19.6 Å². The highest BCUT2D eigenvalue weighted by Crippen LogP contribution is 2.21. The van der Waals surface area contributed by atoms with Gasteiger partial charge < -0.3 is 14.9 Å². The summed E-state index contributed by atoms with van der Waals surface area (Å²) in [5.74, 6) is -1.36. The van der Waals surface area contributed by atoms with Crippen molar-refractivity contribution < 1.29 is 19.5 Å². The van der Waals surface area contributed by atoms with Crippen LogP contribution in [0.25, 0.3) is 5.69 Å². The fourth-order valence-corrected chi connectivity index (χ4v) is 3.67. The lowest BCUT2D eigenvalue weighted by Gasteiger charge is -2.29. The average molecular weight is 384 g/mol. The van der Waals surface area contributed by atoms with Gasteiger partial charge in [0.1, 0.15) is 6.54 Å². The van der Waals surface area contributed by atoms with Gasteiger partial charge in [-0.3, -0.25) is 14.4 Å². The van der Waals surface area contributed by atoms with Crippen molar-refractivity contribution in [2.45, 2.75) is 32.2 Å². The Hall–Kier alpha value is -3.16. The van der Waals surface area contributed by atoms with E-state index in [4.69, 9.17) is 5.11 Å². The molecule has 28 heavy (non-hydrogen) atoms. The summed E-state index contributed by atoms with van der Waals surface area (Å²) < 4.78 is 1.66. The number of hydrogen-bond acceptors (Lipinski definition) is 4. The van der Waals surface area contributed by atoms with E-state index >= 15 is 0 Å². The molecule has 148 valence electrons. The second kappa shape index (κ2) is 8.69. The molecule has 0 bridgehead atoms. The maximum atomic E-state index is 13.2. The third-order valence-corrected chi connectivity index (χ3v) is 5.02. The first-order chi connectivity index (χ1) is 13.5. The second-order valence-corrected chi connectivity index (χ2v) is 6.89. The largest absolute Gasteiger partial charge is 0.480 e. The molecule has 2 heterocycles. The first kappa shape index (κ1) is 19.6. The number of aliphatic carboxylic acids is 1. The van der Waals surface area contributed by atoms with Crippen LogP contribution in [0.3, 0.4) is 0 Å². The Balaban J connectivity index is 1.75. The number of benzene rings is 1. The molecule has 2 amide bonds. The molecule has 2 aromatic rings. The maximum absolute atomic E-state index is 13.2. The molecule has 8 heteroatoms. The third kappa shape index (κ3) is 4.39. The molecule has 1 aliphatic heterocycles. The smallest absolute Gasteiger partial charge is 0.323 e. The lowest BCUT2D eigenvalue weighted by molar-refractivity contribution is -0.145. The number of hydrogen-bond donors (Lipinski definition) is 1. The van der Waals surface area contributed by atoms with Gasteiger partial charge in [0.25, 0.3) is 5.91 Å². The Morgan fingerprint density at radius 3 is 2.64 bits per heavy atom. The van der Waals surface area contributed by atoms with E-state index in [1.54, 1.807) is 34.1 Å². The predicted molar refractivity (Wildman–Crippen MR) is 102 cm³/mol. The summed E-state index contributed by atoms with van der Waals surface area (Å²) in [5, 5.41) is 13.3. The SMILES string of the molecule is CC(=O)N(CC(=O)O)C1CCCN(C(=O)c2ccccc2-n2cccn2)CC1. The molecule has 1 aliphatic rings. The normalized spacial score (nSPS) is 17.0. The maximum Gasteiger partial charge on any atom is 0.323 e. The van der Waals surface area contributed by atoms with Crippen LogP contribution in [-0.2, 0) is 9.59 Å². The van der Waals surface area contributed by atoms with E-state index in [9.17, 15) is 14.4 Å². The average Bonchev–Trinajstić information content (AvgIpc) is 3.10. The van der Waals surface area contributed by atoms with E-state index in [1.165, 1.54) is 11.8 Å². The van der Waals surface area contributed by atoms with E-state index in [0.29, 0.717) is 37.9 Å². The Morgan fingerprint density at radius 2 is 1.96 bits per heavy atom. The van der Waals surface area contributed by atoms with Crippen LogP contribution in [0, 0.1) is 0 Å². The molecule has 0 aliphatic carbocycles. The minimum atomic E-state index is -1.03. The Bertz CT molecular complexity index is 850. The summed E-state index contributed by atoms with van der Waals surface area (Å²) in [7, 11) is 0. The number of nitrogens with zero attached hydrogens (tertiary/aromatic N) is 4. The van der Waals surface area contributed by atoms with E-state index in [1.807, 2.05) is 18.2 Å². The van der Waals surface area contributed by atoms with Crippen molar-refractivity contribution in [2.24, 2.45) is 0 Å².